The number of rotatable bonds is 9. The number of hydrogen-bond acceptors (Lipinski definition) is 4. The second-order valence-electron chi connectivity index (χ2n) is 6.31. The number of benzene rings is 3. The van der Waals surface area contributed by atoms with Gasteiger partial charge in [-0.2, -0.15) is 5.10 Å². The molecule has 0 bridgehead atoms. The lowest BCUT2D eigenvalue weighted by atomic mass is 10.2. The average molecular weight is 421 g/mol. The molecule has 0 unspecified atom stereocenters. The van der Waals surface area contributed by atoms with Crippen molar-refractivity contribution in [1.82, 2.24) is 5.43 Å². The number of halogens is 1. The van der Waals surface area contributed by atoms with Crippen molar-refractivity contribution in [2.75, 3.05) is 6.61 Å². The highest BCUT2D eigenvalue weighted by Gasteiger charge is 2.04. The lowest BCUT2D eigenvalue weighted by molar-refractivity contribution is 0.0955. The van der Waals surface area contributed by atoms with Crippen molar-refractivity contribution in [2.24, 2.45) is 5.10 Å². The summed E-state index contributed by atoms with van der Waals surface area (Å²) in [4.78, 5) is 12.2. The average Bonchev–Trinajstić information content (AvgIpc) is 2.78. The number of nitrogens with one attached hydrogen (secondary N) is 1. The molecule has 1 amide bonds. The molecule has 152 valence electrons. The fourth-order valence-corrected chi connectivity index (χ4v) is 2.65. The molecule has 3 aromatic carbocycles. The van der Waals surface area contributed by atoms with Gasteiger partial charge in [0.05, 0.1) is 6.21 Å². The maximum atomic E-state index is 12.2. The van der Waals surface area contributed by atoms with Gasteiger partial charge in [0, 0.05) is 10.6 Å². The third-order valence-electron chi connectivity index (χ3n) is 4.04. The molecule has 0 heterocycles. The molecule has 0 aliphatic rings. The first-order valence-corrected chi connectivity index (χ1v) is 9.66. The van der Waals surface area contributed by atoms with Gasteiger partial charge in [-0.3, -0.25) is 4.79 Å². The highest BCUT2D eigenvalue weighted by atomic mass is 35.5. The summed E-state index contributed by atoms with van der Waals surface area (Å²) in [5, 5.41) is 4.71. The van der Waals surface area contributed by atoms with Crippen molar-refractivity contribution in [3.8, 4) is 11.5 Å². The van der Waals surface area contributed by atoms with Crippen molar-refractivity contribution in [1.29, 1.82) is 0 Å². The van der Waals surface area contributed by atoms with Crippen LogP contribution in [0.4, 0.5) is 0 Å². The van der Waals surface area contributed by atoms with Crippen LogP contribution >= 0.6 is 11.6 Å². The molecular formula is C24H21ClN2O3. The van der Waals surface area contributed by atoms with Crippen molar-refractivity contribution < 1.29 is 14.3 Å². The number of hydrogen-bond donors (Lipinski definition) is 1. The second kappa shape index (κ2) is 10.8. The van der Waals surface area contributed by atoms with E-state index in [1.165, 1.54) is 0 Å². The predicted octanol–water partition coefficient (Wildman–Crippen LogP) is 5.25. The van der Waals surface area contributed by atoms with E-state index < -0.39 is 0 Å². The largest absolute Gasteiger partial charge is 0.490 e. The summed E-state index contributed by atoms with van der Waals surface area (Å²) in [5.41, 5.74) is 4.82. The summed E-state index contributed by atoms with van der Waals surface area (Å²) in [6, 6.07) is 21.7. The van der Waals surface area contributed by atoms with E-state index in [2.05, 4.69) is 17.1 Å². The smallest absolute Gasteiger partial charge is 0.271 e. The first-order valence-electron chi connectivity index (χ1n) is 9.28. The molecule has 0 saturated heterocycles. The Balaban J connectivity index is 1.53. The van der Waals surface area contributed by atoms with Gasteiger partial charge in [0.25, 0.3) is 5.91 Å². The minimum atomic E-state index is -0.309. The van der Waals surface area contributed by atoms with Crippen molar-refractivity contribution in [3.63, 3.8) is 0 Å². The van der Waals surface area contributed by atoms with E-state index in [-0.39, 0.29) is 5.91 Å². The summed E-state index contributed by atoms with van der Waals surface area (Å²) in [6.45, 7) is 4.44. The van der Waals surface area contributed by atoms with Gasteiger partial charge < -0.3 is 9.47 Å². The van der Waals surface area contributed by atoms with E-state index in [1.807, 2.05) is 48.5 Å². The van der Waals surface area contributed by atoms with E-state index in [9.17, 15) is 4.79 Å². The van der Waals surface area contributed by atoms with Crippen LogP contribution in [0.1, 0.15) is 21.5 Å². The van der Waals surface area contributed by atoms with Crippen LogP contribution in [0.25, 0.3) is 0 Å². The van der Waals surface area contributed by atoms with Crippen LogP contribution in [0.3, 0.4) is 0 Å². The van der Waals surface area contributed by atoms with Crippen LogP contribution in [0.5, 0.6) is 11.5 Å². The van der Waals surface area contributed by atoms with Crippen molar-refractivity contribution in [3.05, 3.63) is 107 Å². The molecule has 3 aromatic rings. The Kier molecular flexibility index (Phi) is 7.64. The Morgan fingerprint density at radius 1 is 1.00 bits per heavy atom. The number of amides is 1. The molecule has 0 saturated carbocycles. The van der Waals surface area contributed by atoms with Crippen LogP contribution in [0.2, 0.25) is 5.02 Å². The molecule has 0 aliphatic heterocycles. The Labute approximate surface area is 180 Å². The van der Waals surface area contributed by atoms with Gasteiger partial charge in [0.2, 0.25) is 0 Å². The first-order chi connectivity index (χ1) is 14.6. The minimum absolute atomic E-state index is 0.309. The molecule has 30 heavy (non-hydrogen) atoms. The lowest BCUT2D eigenvalue weighted by Crippen LogP contribution is -2.17. The topological polar surface area (TPSA) is 59.9 Å². The SMILES string of the molecule is C=CCOc1ccc(C(=O)N/N=C/c2cccc(OCc3ccc(Cl)cc3)c2)cc1. The summed E-state index contributed by atoms with van der Waals surface area (Å²) in [6.07, 6.45) is 3.22. The van der Waals surface area contributed by atoms with Gasteiger partial charge >= 0.3 is 0 Å². The Morgan fingerprint density at radius 3 is 2.50 bits per heavy atom. The van der Waals surface area contributed by atoms with E-state index in [0.29, 0.717) is 35.3 Å². The third kappa shape index (κ3) is 6.50. The molecule has 3 rings (SSSR count). The van der Waals surface area contributed by atoms with Crippen LogP contribution in [0.15, 0.2) is 90.6 Å². The van der Waals surface area contributed by atoms with E-state index in [1.54, 1.807) is 36.6 Å². The maximum absolute atomic E-state index is 12.2. The first kappa shape index (κ1) is 21.1. The zero-order chi connectivity index (χ0) is 21.2. The molecule has 0 spiro atoms. The molecule has 0 radical (unpaired) electrons. The Bertz CT molecular complexity index is 1020. The fraction of sp³-hybridized carbons (Fsp3) is 0.0833. The number of nitrogens with zero attached hydrogens (tertiary/aromatic N) is 1. The highest BCUT2D eigenvalue weighted by Crippen LogP contribution is 2.16. The molecule has 0 aliphatic carbocycles. The molecular weight excluding hydrogens is 400 g/mol. The number of ether oxygens (including phenoxy) is 2. The number of hydrazone groups is 1. The molecule has 6 heteroatoms. The standard InChI is InChI=1S/C24H21ClN2O3/c1-2-14-29-22-12-8-20(9-13-22)24(28)27-26-16-19-4-3-5-23(15-19)30-17-18-6-10-21(25)11-7-18/h2-13,15-16H,1,14,17H2,(H,27,28)/b26-16+. The molecule has 0 fully saturated rings. The van der Waals surface area contributed by atoms with Crippen LogP contribution in [0, 0.1) is 0 Å². The Hall–Kier alpha value is -3.57. The van der Waals surface area contributed by atoms with Gasteiger partial charge in [-0.25, -0.2) is 5.43 Å². The fourth-order valence-electron chi connectivity index (χ4n) is 2.52. The third-order valence-corrected chi connectivity index (χ3v) is 4.29. The summed E-state index contributed by atoms with van der Waals surface area (Å²) >= 11 is 5.89. The van der Waals surface area contributed by atoms with Crippen LogP contribution in [-0.2, 0) is 6.61 Å². The molecule has 0 aromatic heterocycles. The minimum Gasteiger partial charge on any atom is -0.490 e. The predicted molar refractivity (Wildman–Crippen MR) is 119 cm³/mol. The highest BCUT2D eigenvalue weighted by molar-refractivity contribution is 6.30. The van der Waals surface area contributed by atoms with E-state index in [4.69, 9.17) is 21.1 Å². The molecule has 5 nitrogen and oxygen atoms in total. The lowest BCUT2D eigenvalue weighted by Gasteiger charge is -2.07. The van der Waals surface area contributed by atoms with Gasteiger partial charge in [-0.15, -0.1) is 0 Å². The normalized spacial score (nSPS) is 10.6. The molecule has 1 N–H and O–H groups in total. The summed E-state index contributed by atoms with van der Waals surface area (Å²) < 4.78 is 11.2. The van der Waals surface area contributed by atoms with E-state index in [0.717, 1.165) is 11.1 Å². The van der Waals surface area contributed by atoms with Gasteiger partial charge in [-0.1, -0.05) is 48.5 Å². The number of carbonyl (C=O) groups excluding carboxylic acids is 1. The van der Waals surface area contributed by atoms with Crippen LogP contribution in [-0.4, -0.2) is 18.7 Å². The maximum Gasteiger partial charge on any atom is 0.271 e. The summed E-state index contributed by atoms with van der Waals surface area (Å²) in [7, 11) is 0. The quantitative estimate of drug-likeness (QED) is 0.292. The van der Waals surface area contributed by atoms with Crippen molar-refractivity contribution in [2.45, 2.75) is 6.61 Å². The Morgan fingerprint density at radius 2 is 1.77 bits per heavy atom. The van der Waals surface area contributed by atoms with Crippen LogP contribution < -0.4 is 14.9 Å². The zero-order valence-corrected chi connectivity index (χ0v) is 17.0. The molecule has 0 atom stereocenters. The summed E-state index contributed by atoms with van der Waals surface area (Å²) in [5.74, 6) is 1.07. The zero-order valence-electron chi connectivity index (χ0n) is 16.3. The van der Waals surface area contributed by atoms with Gasteiger partial charge in [0.15, 0.2) is 0 Å². The number of carbonyl (C=O) groups is 1. The van der Waals surface area contributed by atoms with Crippen molar-refractivity contribution >= 4 is 23.7 Å². The second-order valence-corrected chi connectivity index (χ2v) is 6.75. The van der Waals surface area contributed by atoms with Gasteiger partial charge in [-0.05, 0) is 59.7 Å². The van der Waals surface area contributed by atoms with E-state index >= 15 is 0 Å². The van der Waals surface area contributed by atoms with Gasteiger partial charge in [0.1, 0.15) is 24.7 Å². The monoisotopic (exact) mass is 420 g/mol.